The fraction of sp³-hybridized carbons (Fsp3) is 0.462. The van der Waals surface area contributed by atoms with E-state index in [2.05, 4.69) is 10.3 Å². The highest BCUT2D eigenvalue weighted by molar-refractivity contribution is 5.92. The first kappa shape index (κ1) is 13.7. The fourth-order valence-corrected chi connectivity index (χ4v) is 1.98. The van der Waals surface area contributed by atoms with Crippen LogP contribution in [0.2, 0.25) is 0 Å². The zero-order valence-electron chi connectivity index (χ0n) is 10.7. The van der Waals surface area contributed by atoms with Crippen molar-refractivity contribution in [2.75, 3.05) is 11.9 Å². The van der Waals surface area contributed by atoms with Crippen molar-refractivity contribution in [2.24, 2.45) is 10.7 Å². The van der Waals surface area contributed by atoms with Crippen LogP contribution in [0.3, 0.4) is 0 Å². The van der Waals surface area contributed by atoms with Crippen LogP contribution in [-0.2, 0) is 4.74 Å². The first-order chi connectivity index (χ1) is 9.08. The topological polar surface area (TPSA) is 59.6 Å². The maximum atomic E-state index is 13.4. The summed E-state index contributed by atoms with van der Waals surface area (Å²) < 4.78 is 31.7. The molecule has 0 bridgehead atoms. The lowest BCUT2D eigenvalue weighted by Crippen LogP contribution is -2.37. The number of nitrogens with one attached hydrogen (secondary N) is 1. The molecule has 1 aromatic carbocycles. The minimum Gasteiger partial charge on any atom is -0.378 e. The van der Waals surface area contributed by atoms with Crippen molar-refractivity contribution >= 4 is 11.6 Å². The highest BCUT2D eigenvalue weighted by atomic mass is 19.1. The number of aliphatic imine (C=N–C) groups is 1. The van der Waals surface area contributed by atoms with Gasteiger partial charge >= 0.3 is 0 Å². The van der Waals surface area contributed by atoms with Gasteiger partial charge in [0.2, 0.25) is 0 Å². The van der Waals surface area contributed by atoms with E-state index in [9.17, 15) is 8.78 Å². The van der Waals surface area contributed by atoms with Gasteiger partial charge in [0, 0.05) is 12.7 Å². The summed E-state index contributed by atoms with van der Waals surface area (Å²) in [5.41, 5.74) is 5.65. The van der Waals surface area contributed by atoms with E-state index in [-0.39, 0.29) is 23.8 Å². The lowest BCUT2D eigenvalue weighted by atomic mass is 9.90. The van der Waals surface area contributed by atoms with Crippen LogP contribution in [0.4, 0.5) is 14.5 Å². The number of benzene rings is 1. The molecule has 1 aromatic rings. The van der Waals surface area contributed by atoms with E-state index in [0.717, 1.165) is 31.0 Å². The molecule has 0 spiro atoms. The number of hydrogen-bond donors (Lipinski definition) is 2. The van der Waals surface area contributed by atoms with Crippen molar-refractivity contribution in [1.82, 2.24) is 0 Å². The van der Waals surface area contributed by atoms with Gasteiger partial charge < -0.3 is 15.8 Å². The molecule has 0 heterocycles. The third kappa shape index (κ3) is 3.64. The van der Waals surface area contributed by atoms with Gasteiger partial charge in [-0.1, -0.05) is 0 Å². The molecule has 0 aromatic heterocycles. The third-order valence-electron chi connectivity index (χ3n) is 2.99. The number of hydrogen-bond acceptors (Lipinski definition) is 2. The Morgan fingerprint density at radius 2 is 2.21 bits per heavy atom. The molecule has 0 amide bonds. The highest BCUT2D eigenvalue weighted by Crippen LogP contribution is 2.26. The van der Waals surface area contributed by atoms with Gasteiger partial charge in [0.1, 0.15) is 11.6 Å². The smallest absolute Gasteiger partial charge is 0.193 e. The quantitative estimate of drug-likeness (QED) is 0.651. The van der Waals surface area contributed by atoms with Crippen LogP contribution in [-0.4, -0.2) is 24.7 Å². The van der Waals surface area contributed by atoms with E-state index in [1.165, 1.54) is 0 Å². The summed E-state index contributed by atoms with van der Waals surface area (Å²) in [5.74, 6) is -1.01. The second kappa shape index (κ2) is 5.97. The van der Waals surface area contributed by atoms with Crippen LogP contribution in [0.25, 0.3) is 0 Å². The van der Waals surface area contributed by atoms with Gasteiger partial charge in [-0.3, -0.25) is 0 Å². The van der Waals surface area contributed by atoms with Crippen molar-refractivity contribution in [3.05, 3.63) is 29.8 Å². The van der Waals surface area contributed by atoms with E-state index in [4.69, 9.17) is 10.5 Å². The molecule has 0 aliphatic heterocycles. The van der Waals surface area contributed by atoms with Gasteiger partial charge in [0.25, 0.3) is 0 Å². The number of halogens is 2. The van der Waals surface area contributed by atoms with E-state index in [1.54, 1.807) is 0 Å². The second-order valence-corrected chi connectivity index (χ2v) is 4.47. The lowest BCUT2D eigenvalue weighted by Gasteiger charge is -2.32. The Labute approximate surface area is 110 Å². The normalized spacial score (nSPS) is 23.0. The Morgan fingerprint density at radius 1 is 1.47 bits per heavy atom. The van der Waals surface area contributed by atoms with Gasteiger partial charge in [-0.2, -0.15) is 0 Å². The Kier molecular flexibility index (Phi) is 4.31. The molecule has 1 fully saturated rings. The third-order valence-corrected chi connectivity index (χ3v) is 2.99. The Bertz CT molecular complexity index is 473. The van der Waals surface area contributed by atoms with Gasteiger partial charge in [-0.05, 0) is 31.9 Å². The summed E-state index contributed by atoms with van der Waals surface area (Å²) in [6, 6.07) is 3.22. The molecular formula is C13H17F2N3O. The molecule has 19 heavy (non-hydrogen) atoms. The Balaban J connectivity index is 1.91. The summed E-state index contributed by atoms with van der Waals surface area (Å²) in [4.78, 5) is 4.19. The molecule has 2 rings (SSSR count). The van der Waals surface area contributed by atoms with Crippen LogP contribution >= 0.6 is 0 Å². The van der Waals surface area contributed by atoms with Crippen LogP contribution in [0, 0.1) is 11.6 Å². The van der Waals surface area contributed by atoms with E-state index in [1.807, 2.05) is 6.92 Å². The Hall–Kier alpha value is -1.69. The fourth-order valence-electron chi connectivity index (χ4n) is 1.98. The summed E-state index contributed by atoms with van der Waals surface area (Å²) in [7, 11) is 0. The summed E-state index contributed by atoms with van der Waals surface area (Å²) in [6.45, 7) is 2.63. The molecule has 4 nitrogen and oxygen atoms in total. The lowest BCUT2D eigenvalue weighted by molar-refractivity contribution is -0.000702. The van der Waals surface area contributed by atoms with E-state index in [0.29, 0.717) is 6.61 Å². The number of anilines is 1. The van der Waals surface area contributed by atoms with Crippen LogP contribution in [0.1, 0.15) is 19.8 Å². The second-order valence-electron chi connectivity index (χ2n) is 4.47. The number of nitrogens with two attached hydrogens (primary N) is 1. The maximum Gasteiger partial charge on any atom is 0.193 e. The van der Waals surface area contributed by atoms with Crippen LogP contribution in [0.15, 0.2) is 23.2 Å². The van der Waals surface area contributed by atoms with Crippen molar-refractivity contribution in [3.8, 4) is 0 Å². The Morgan fingerprint density at radius 3 is 2.89 bits per heavy atom. The number of nitrogens with zero attached hydrogens (tertiary/aromatic N) is 1. The summed E-state index contributed by atoms with van der Waals surface area (Å²) in [6.07, 6.45) is 1.85. The van der Waals surface area contributed by atoms with Crippen LogP contribution < -0.4 is 11.1 Å². The number of ether oxygens (including phenoxy) is 1. The van der Waals surface area contributed by atoms with Crippen molar-refractivity contribution < 1.29 is 13.5 Å². The number of guanidine groups is 1. The van der Waals surface area contributed by atoms with Crippen molar-refractivity contribution in [1.29, 1.82) is 0 Å². The van der Waals surface area contributed by atoms with Gasteiger partial charge in [-0.15, -0.1) is 0 Å². The maximum absolute atomic E-state index is 13.4. The number of rotatable bonds is 4. The molecule has 1 aliphatic rings. The van der Waals surface area contributed by atoms with Gasteiger partial charge in [0.05, 0.1) is 17.8 Å². The summed E-state index contributed by atoms with van der Waals surface area (Å²) >= 11 is 0. The average molecular weight is 269 g/mol. The molecule has 1 aliphatic carbocycles. The van der Waals surface area contributed by atoms with Gasteiger partial charge in [-0.25, -0.2) is 13.8 Å². The highest BCUT2D eigenvalue weighted by Gasteiger charge is 2.29. The van der Waals surface area contributed by atoms with E-state index >= 15 is 0 Å². The standard InChI is InChI=1S/C13H17F2N3O/c1-2-19-10-6-9(7-10)17-13(16)18-12-5-8(14)3-4-11(12)15/h3-5,9-10H,2,6-7H2,1H3,(H3,16,17,18). The summed E-state index contributed by atoms with van der Waals surface area (Å²) in [5, 5.41) is 2.57. The minimum atomic E-state index is -0.569. The van der Waals surface area contributed by atoms with Crippen molar-refractivity contribution in [2.45, 2.75) is 31.9 Å². The van der Waals surface area contributed by atoms with Gasteiger partial charge in [0.15, 0.2) is 5.96 Å². The zero-order valence-corrected chi connectivity index (χ0v) is 10.7. The molecule has 3 N–H and O–H groups in total. The monoisotopic (exact) mass is 269 g/mol. The first-order valence-electron chi connectivity index (χ1n) is 6.25. The molecule has 6 heteroatoms. The molecule has 1 saturated carbocycles. The zero-order chi connectivity index (χ0) is 13.8. The molecule has 0 saturated heterocycles. The average Bonchev–Trinajstić information content (AvgIpc) is 2.31. The molecule has 0 atom stereocenters. The first-order valence-corrected chi connectivity index (χ1v) is 6.25. The van der Waals surface area contributed by atoms with Crippen LogP contribution in [0.5, 0.6) is 0 Å². The predicted molar refractivity (Wildman–Crippen MR) is 70.0 cm³/mol. The molecule has 0 radical (unpaired) electrons. The predicted octanol–water partition coefficient (Wildman–Crippen LogP) is 2.26. The van der Waals surface area contributed by atoms with E-state index < -0.39 is 11.6 Å². The minimum absolute atomic E-state index is 0.0121. The molecule has 104 valence electrons. The SMILES string of the molecule is CCOC1CC(N=C(N)Nc2cc(F)ccc2F)C1. The van der Waals surface area contributed by atoms with Crippen molar-refractivity contribution in [3.63, 3.8) is 0 Å². The largest absolute Gasteiger partial charge is 0.378 e. The molecular weight excluding hydrogens is 252 g/mol. The molecule has 0 unspecified atom stereocenters.